The maximum Gasteiger partial charge on any atom is 0.253 e. The Labute approximate surface area is 103 Å². The van der Waals surface area contributed by atoms with Crippen molar-refractivity contribution in [2.75, 3.05) is 32.9 Å². The zero-order chi connectivity index (χ0) is 12.8. The molecule has 1 amide bonds. The van der Waals surface area contributed by atoms with E-state index in [1.165, 1.54) is 0 Å². The van der Waals surface area contributed by atoms with E-state index in [1.807, 2.05) is 33.2 Å². The van der Waals surface area contributed by atoms with Crippen LogP contribution in [0.4, 0.5) is 5.69 Å². The zero-order valence-corrected chi connectivity index (χ0v) is 10.8. The first-order chi connectivity index (χ1) is 8.06. The number of hydrogen-bond acceptors (Lipinski definition) is 3. The summed E-state index contributed by atoms with van der Waals surface area (Å²) in [4.78, 5) is 13.8. The molecular weight excluding hydrogens is 214 g/mol. The standard InChI is InChI=1S/C13H21N3O/c1-10-5-6-11(9-12(10)14)13(17)16(3)8-4-7-15-2/h5-6,9,15H,4,7-8,14H2,1-3H3. The number of carbonyl (C=O) groups is 1. The van der Waals surface area contributed by atoms with E-state index < -0.39 is 0 Å². The fraction of sp³-hybridized carbons (Fsp3) is 0.462. The third kappa shape index (κ3) is 3.75. The molecule has 1 aromatic rings. The van der Waals surface area contributed by atoms with Crippen molar-refractivity contribution in [3.8, 4) is 0 Å². The molecule has 0 saturated carbocycles. The van der Waals surface area contributed by atoms with Gasteiger partial charge in [-0.15, -0.1) is 0 Å². The number of anilines is 1. The Bertz CT molecular complexity index is 390. The Morgan fingerprint density at radius 1 is 1.47 bits per heavy atom. The van der Waals surface area contributed by atoms with Gasteiger partial charge in [0.15, 0.2) is 0 Å². The molecule has 0 aliphatic rings. The number of rotatable bonds is 5. The summed E-state index contributed by atoms with van der Waals surface area (Å²) in [6.45, 7) is 3.58. The summed E-state index contributed by atoms with van der Waals surface area (Å²) in [6, 6.07) is 5.44. The van der Waals surface area contributed by atoms with Gasteiger partial charge < -0.3 is 16.0 Å². The average Bonchev–Trinajstić information content (AvgIpc) is 2.32. The highest BCUT2D eigenvalue weighted by Crippen LogP contribution is 2.14. The van der Waals surface area contributed by atoms with Crippen molar-refractivity contribution in [3.05, 3.63) is 29.3 Å². The lowest BCUT2D eigenvalue weighted by atomic mass is 10.1. The monoisotopic (exact) mass is 235 g/mol. The normalized spacial score (nSPS) is 10.3. The molecule has 3 N–H and O–H groups in total. The molecule has 0 heterocycles. The maximum atomic E-state index is 12.1. The smallest absolute Gasteiger partial charge is 0.253 e. The zero-order valence-electron chi connectivity index (χ0n) is 10.8. The predicted molar refractivity (Wildman–Crippen MR) is 71.1 cm³/mol. The number of nitrogen functional groups attached to an aromatic ring is 1. The molecule has 94 valence electrons. The number of benzene rings is 1. The first-order valence-electron chi connectivity index (χ1n) is 5.82. The number of carbonyl (C=O) groups excluding carboxylic acids is 1. The van der Waals surface area contributed by atoms with Gasteiger partial charge in [0.1, 0.15) is 0 Å². The summed E-state index contributed by atoms with van der Waals surface area (Å²) in [7, 11) is 3.72. The van der Waals surface area contributed by atoms with Crippen molar-refractivity contribution in [3.63, 3.8) is 0 Å². The minimum absolute atomic E-state index is 0.0211. The molecular formula is C13H21N3O. The van der Waals surface area contributed by atoms with Crippen molar-refractivity contribution in [1.29, 1.82) is 0 Å². The van der Waals surface area contributed by atoms with Gasteiger partial charge in [0.25, 0.3) is 5.91 Å². The Morgan fingerprint density at radius 3 is 2.76 bits per heavy atom. The molecule has 0 unspecified atom stereocenters. The van der Waals surface area contributed by atoms with Crippen LogP contribution >= 0.6 is 0 Å². The van der Waals surface area contributed by atoms with Crippen LogP contribution in [0, 0.1) is 6.92 Å². The molecule has 0 aromatic heterocycles. The minimum Gasteiger partial charge on any atom is -0.398 e. The van der Waals surface area contributed by atoms with Crippen LogP contribution in [-0.4, -0.2) is 38.0 Å². The summed E-state index contributed by atoms with van der Waals surface area (Å²) in [5.74, 6) is 0.0211. The largest absolute Gasteiger partial charge is 0.398 e. The van der Waals surface area contributed by atoms with Gasteiger partial charge in [-0.3, -0.25) is 4.79 Å². The SMILES string of the molecule is CNCCCN(C)C(=O)c1ccc(C)c(N)c1. The van der Waals surface area contributed by atoms with Gasteiger partial charge in [-0.1, -0.05) is 6.07 Å². The van der Waals surface area contributed by atoms with Gasteiger partial charge in [-0.05, 0) is 44.6 Å². The Hall–Kier alpha value is -1.55. The van der Waals surface area contributed by atoms with Crippen LogP contribution < -0.4 is 11.1 Å². The van der Waals surface area contributed by atoms with Crippen LogP contribution in [-0.2, 0) is 0 Å². The predicted octanol–water partition coefficient (Wildman–Crippen LogP) is 1.26. The summed E-state index contributed by atoms with van der Waals surface area (Å²) in [5.41, 5.74) is 8.12. The van der Waals surface area contributed by atoms with Gasteiger partial charge in [0, 0.05) is 24.8 Å². The van der Waals surface area contributed by atoms with Crippen molar-refractivity contribution in [2.24, 2.45) is 0 Å². The molecule has 0 fully saturated rings. The highest BCUT2D eigenvalue weighted by atomic mass is 16.2. The molecule has 0 spiro atoms. The molecule has 0 aliphatic heterocycles. The minimum atomic E-state index is 0.0211. The van der Waals surface area contributed by atoms with Crippen LogP contribution in [0.5, 0.6) is 0 Å². The van der Waals surface area contributed by atoms with E-state index in [-0.39, 0.29) is 5.91 Å². The summed E-state index contributed by atoms with van der Waals surface area (Å²) in [6.07, 6.45) is 0.945. The number of nitrogens with zero attached hydrogens (tertiary/aromatic N) is 1. The highest BCUT2D eigenvalue weighted by Gasteiger charge is 2.11. The van der Waals surface area contributed by atoms with E-state index in [2.05, 4.69) is 5.32 Å². The highest BCUT2D eigenvalue weighted by molar-refractivity contribution is 5.95. The van der Waals surface area contributed by atoms with E-state index in [4.69, 9.17) is 5.73 Å². The summed E-state index contributed by atoms with van der Waals surface area (Å²) < 4.78 is 0. The lowest BCUT2D eigenvalue weighted by molar-refractivity contribution is 0.0794. The molecule has 1 aromatic carbocycles. The van der Waals surface area contributed by atoms with Gasteiger partial charge >= 0.3 is 0 Å². The second-order valence-corrected chi connectivity index (χ2v) is 4.26. The van der Waals surface area contributed by atoms with Gasteiger partial charge in [0.2, 0.25) is 0 Å². The number of nitrogens with one attached hydrogen (secondary N) is 1. The van der Waals surface area contributed by atoms with E-state index in [9.17, 15) is 4.79 Å². The average molecular weight is 235 g/mol. The Balaban J connectivity index is 2.65. The van der Waals surface area contributed by atoms with Crippen LogP contribution in [0.3, 0.4) is 0 Å². The van der Waals surface area contributed by atoms with Crippen LogP contribution in [0.1, 0.15) is 22.3 Å². The van der Waals surface area contributed by atoms with Crippen molar-refractivity contribution >= 4 is 11.6 Å². The van der Waals surface area contributed by atoms with Crippen LogP contribution in [0.2, 0.25) is 0 Å². The molecule has 0 bridgehead atoms. The maximum absolute atomic E-state index is 12.1. The number of amides is 1. The molecule has 0 aliphatic carbocycles. The molecule has 0 saturated heterocycles. The molecule has 0 atom stereocenters. The molecule has 4 nitrogen and oxygen atoms in total. The second kappa shape index (κ2) is 6.25. The third-order valence-corrected chi connectivity index (χ3v) is 2.79. The number of nitrogens with two attached hydrogens (primary N) is 1. The third-order valence-electron chi connectivity index (χ3n) is 2.79. The summed E-state index contributed by atoms with van der Waals surface area (Å²) >= 11 is 0. The van der Waals surface area contributed by atoms with Gasteiger partial charge in [-0.2, -0.15) is 0 Å². The molecule has 1 rings (SSSR count). The van der Waals surface area contributed by atoms with Crippen molar-refractivity contribution in [1.82, 2.24) is 10.2 Å². The lowest BCUT2D eigenvalue weighted by Gasteiger charge is -2.17. The second-order valence-electron chi connectivity index (χ2n) is 4.26. The van der Waals surface area contributed by atoms with E-state index in [0.29, 0.717) is 11.3 Å². The van der Waals surface area contributed by atoms with Crippen molar-refractivity contribution < 1.29 is 4.79 Å². The van der Waals surface area contributed by atoms with E-state index >= 15 is 0 Å². The quantitative estimate of drug-likeness (QED) is 0.596. The van der Waals surface area contributed by atoms with Crippen LogP contribution in [0.25, 0.3) is 0 Å². The fourth-order valence-electron chi connectivity index (χ4n) is 1.59. The Morgan fingerprint density at radius 2 is 2.18 bits per heavy atom. The van der Waals surface area contributed by atoms with Gasteiger partial charge in [0.05, 0.1) is 0 Å². The first-order valence-corrected chi connectivity index (χ1v) is 5.82. The first kappa shape index (κ1) is 13.5. The van der Waals surface area contributed by atoms with Crippen LogP contribution in [0.15, 0.2) is 18.2 Å². The topological polar surface area (TPSA) is 58.4 Å². The molecule has 4 heteroatoms. The number of hydrogen-bond donors (Lipinski definition) is 2. The van der Waals surface area contributed by atoms with E-state index in [0.717, 1.165) is 25.1 Å². The van der Waals surface area contributed by atoms with Crippen molar-refractivity contribution in [2.45, 2.75) is 13.3 Å². The Kier molecular flexibility index (Phi) is 4.97. The number of aryl methyl sites for hydroxylation is 1. The fourth-order valence-corrected chi connectivity index (χ4v) is 1.59. The van der Waals surface area contributed by atoms with E-state index in [1.54, 1.807) is 11.0 Å². The summed E-state index contributed by atoms with van der Waals surface area (Å²) in [5, 5.41) is 3.06. The molecule has 0 radical (unpaired) electrons. The lowest BCUT2D eigenvalue weighted by Crippen LogP contribution is -2.29. The molecule has 17 heavy (non-hydrogen) atoms. The van der Waals surface area contributed by atoms with Gasteiger partial charge in [-0.25, -0.2) is 0 Å².